The maximum absolute atomic E-state index is 12.6. The van der Waals surface area contributed by atoms with Crippen LogP contribution in [0.5, 0.6) is 11.5 Å². The molecule has 1 aliphatic rings. The van der Waals surface area contributed by atoms with Gasteiger partial charge in [0.15, 0.2) is 23.9 Å². The van der Waals surface area contributed by atoms with Crippen molar-refractivity contribution in [2.75, 3.05) is 6.61 Å². The van der Waals surface area contributed by atoms with E-state index >= 15 is 0 Å². The minimum absolute atomic E-state index is 0.0622. The zero-order chi connectivity index (χ0) is 18.7. The lowest BCUT2D eigenvalue weighted by molar-refractivity contribution is -0.671. The van der Waals surface area contributed by atoms with Gasteiger partial charge < -0.3 is 9.47 Å². The SMILES string of the molecule is C[n+]1cc(Cl)c(CCc2ccc(OC(F)F)c(OCC3CC3)c2)c(Cl)c1. The molecule has 2 aromatic rings. The first-order chi connectivity index (χ1) is 12.4. The third-order valence-corrected chi connectivity index (χ3v) is 4.92. The first-order valence-corrected chi connectivity index (χ1v) is 9.21. The summed E-state index contributed by atoms with van der Waals surface area (Å²) in [5.74, 6) is 0.930. The molecule has 0 spiro atoms. The Morgan fingerprint density at radius 1 is 1.12 bits per heavy atom. The van der Waals surface area contributed by atoms with Crippen molar-refractivity contribution in [3.05, 3.63) is 51.8 Å². The van der Waals surface area contributed by atoms with Gasteiger partial charge in [-0.15, -0.1) is 0 Å². The van der Waals surface area contributed by atoms with Crippen LogP contribution in [0.3, 0.4) is 0 Å². The van der Waals surface area contributed by atoms with Crippen LogP contribution in [-0.4, -0.2) is 13.2 Å². The fraction of sp³-hybridized carbons (Fsp3) is 0.421. The summed E-state index contributed by atoms with van der Waals surface area (Å²) in [6, 6.07) is 5.04. The van der Waals surface area contributed by atoms with E-state index in [2.05, 4.69) is 4.74 Å². The number of pyridine rings is 1. The summed E-state index contributed by atoms with van der Waals surface area (Å²) in [6.45, 7) is -2.36. The zero-order valence-electron chi connectivity index (χ0n) is 14.4. The maximum Gasteiger partial charge on any atom is 0.387 e. The number of alkyl halides is 2. The molecule has 0 aliphatic heterocycles. The number of halogens is 4. The van der Waals surface area contributed by atoms with Crippen LogP contribution < -0.4 is 14.0 Å². The minimum atomic E-state index is -2.88. The molecular weight excluding hydrogens is 383 g/mol. The Morgan fingerprint density at radius 2 is 1.81 bits per heavy atom. The average Bonchev–Trinajstić information content (AvgIpc) is 3.37. The second kappa shape index (κ2) is 8.40. The molecule has 1 saturated carbocycles. The Kier molecular flexibility index (Phi) is 6.20. The number of hydrogen-bond acceptors (Lipinski definition) is 2. The highest BCUT2D eigenvalue weighted by molar-refractivity contribution is 6.35. The van der Waals surface area contributed by atoms with E-state index in [1.807, 2.05) is 7.05 Å². The number of ether oxygens (including phenoxy) is 2. The van der Waals surface area contributed by atoms with E-state index in [4.69, 9.17) is 27.9 Å². The lowest BCUT2D eigenvalue weighted by Crippen LogP contribution is -2.27. The van der Waals surface area contributed by atoms with Crippen molar-refractivity contribution in [3.63, 3.8) is 0 Å². The first kappa shape index (κ1) is 19.2. The molecule has 0 N–H and O–H groups in total. The second-order valence-corrected chi connectivity index (χ2v) is 7.33. The molecule has 1 fully saturated rings. The van der Waals surface area contributed by atoms with Crippen molar-refractivity contribution in [1.29, 1.82) is 0 Å². The molecule has 7 heteroatoms. The highest BCUT2D eigenvalue weighted by atomic mass is 35.5. The van der Waals surface area contributed by atoms with Gasteiger partial charge in [0.05, 0.1) is 6.61 Å². The van der Waals surface area contributed by atoms with Crippen molar-refractivity contribution < 1.29 is 22.8 Å². The molecule has 3 nitrogen and oxygen atoms in total. The third kappa shape index (κ3) is 5.21. The van der Waals surface area contributed by atoms with Gasteiger partial charge in [0.2, 0.25) is 0 Å². The van der Waals surface area contributed by atoms with E-state index in [-0.39, 0.29) is 5.75 Å². The minimum Gasteiger partial charge on any atom is -0.489 e. The number of aryl methyl sites for hydroxylation is 2. The molecule has 0 radical (unpaired) electrons. The van der Waals surface area contributed by atoms with Crippen molar-refractivity contribution >= 4 is 23.2 Å². The Morgan fingerprint density at radius 3 is 2.42 bits per heavy atom. The van der Waals surface area contributed by atoms with E-state index in [1.165, 1.54) is 6.07 Å². The fourth-order valence-corrected chi connectivity index (χ4v) is 3.43. The standard InChI is InChI=1S/C19H20Cl2F2NO2/c1-24-9-15(20)14(16(21)10-24)6-4-12-5-7-17(26-19(22)23)18(8-12)25-11-13-2-3-13/h5,7-10,13,19H,2-4,6,11H2,1H3/q+1. The Labute approximate surface area is 161 Å². The number of hydrogen-bond donors (Lipinski definition) is 0. The summed E-state index contributed by atoms with van der Waals surface area (Å²) >= 11 is 12.5. The molecule has 3 rings (SSSR count). The molecule has 1 heterocycles. The summed E-state index contributed by atoms with van der Waals surface area (Å²) < 4.78 is 37.3. The summed E-state index contributed by atoms with van der Waals surface area (Å²) in [5.41, 5.74) is 1.80. The van der Waals surface area contributed by atoms with Crippen molar-refractivity contribution in [3.8, 4) is 11.5 Å². The Hall–Kier alpha value is -1.59. The van der Waals surface area contributed by atoms with E-state index in [0.717, 1.165) is 24.0 Å². The molecular formula is C19H20Cl2F2NO2+. The van der Waals surface area contributed by atoms with Crippen LogP contribution in [-0.2, 0) is 19.9 Å². The van der Waals surface area contributed by atoms with E-state index in [0.29, 0.717) is 41.2 Å². The lowest BCUT2D eigenvalue weighted by atomic mass is 10.0. The van der Waals surface area contributed by atoms with Gasteiger partial charge in [-0.1, -0.05) is 29.3 Å². The summed E-state index contributed by atoms with van der Waals surface area (Å²) in [6.07, 6.45) is 7.12. The van der Waals surface area contributed by atoms with Crippen molar-refractivity contribution in [2.24, 2.45) is 13.0 Å². The number of benzene rings is 1. The quantitative estimate of drug-likeness (QED) is 0.580. The molecule has 1 aliphatic carbocycles. The monoisotopic (exact) mass is 402 g/mol. The molecule has 0 saturated heterocycles. The summed E-state index contributed by atoms with van der Waals surface area (Å²) in [5, 5.41) is 1.20. The second-order valence-electron chi connectivity index (χ2n) is 6.51. The molecule has 0 unspecified atom stereocenters. The van der Waals surface area contributed by atoms with Gasteiger partial charge in [0.1, 0.15) is 17.1 Å². The molecule has 140 valence electrons. The van der Waals surface area contributed by atoms with Gasteiger partial charge in [-0.2, -0.15) is 8.78 Å². The zero-order valence-corrected chi connectivity index (χ0v) is 15.9. The predicted octanol–water partition coefficient (Wildman–Crippen LogP) is 4.99. The Bertz CT molecular complexity index is 759. The predicted molar refractivity (Wildman–Crippen MR) is 96.3 cm³/mol. The van der Waals surface area contributed by atoms with Crippen LogP contribution in [0.4, 0.5) is 8.78 Å². The van der Waals surface area contributed by atoms with Crippen molar-refractivity contribution in [2.45, 2.75) is 32.3 Å². The van der Waals surface area contributed by atoms with Crippen LogP contribution in [0.25, 0.3) is 0 Å². The maximum atomic E-state index is 12.6. The number of rotatable bonds is 8. The third-order valence-electron chi connectivity index (χ3n) is 4.27. The molecule has 26 heavy (non-hydrogen) atoms. The first-order valence-electron chi connectivity index (χ1n) is 8.46. The smallest absolute Gasteiger partial charge is 0.387 e. The average molecular weight is 403 g/mol. The van der Waals surface area contributed by atoms with Gasteiger partial charge in [0.25, 0.3) is 0 Å². The largest absolute Gasteiger partial charge is 0.489 e. The van der Waals surface area contributed by atoms with E-state index in [9.17, 15) is 8.78 Å². The van der Waals surface area contributed by atoms with E-state index in [1.54, 1.807) is 29.1 Å². The molecule has 1 aromatic carbocycles. The van der Waals surface area contributed by atoms with Crippen LogP contribution in [0, 0.1) is 5.92 Å². The van der Waals surface area contributed by atoms with Gasteiger partial charge in [-0.05, 0) is 49.3 Å². The van der Waals surface area contributed by atoms with Crippen LogP contribution in [0.15, 0.2) is 30.6 Å². The van der Waals surface area contributed by atoms with Crippen molar-refractivity contribution in [1.82, 2.24) is 0 Å². The summed E-state index contributed by atoms with van der Waals surface area (Å²) in [4.78, 5) is 0. The highest BCUT2D eigenvalue weighted by Crippen LogP contribution is 2.34. The Balaban J connectivity index is 1.73. The normalized spacial score (nSPS) is 13.9. The molecule has 0 atom stereocenters. The van der Waals surface area contributed by atoms with Gasteiger partial charge in [-0.3, -0.25) is 0 Å². The molecule has 0 amide bonds. The number of nitrogens with zero attached hydrogens (tertiary/aromatic N) is 1. The number of aromatic nitrogens is 1. The van der Waals surface area contributed by atoms with Crippen LogP contribution in [0.1, 0.15) is 24.0 Å². The van der Waals surface area contributed by atoms with E-state index < -0.39 is 6.61 Å². The van der Waals surface area contributed by atoms with Crippen LogP contribution in [0.2, 0.25) is 10.0 Å². The molecule has 1 aromatic heterocycles. The van der Waals surface area contributed by atoms with Crippen LogP contribution >= 0.6 is 23.2 Å². The fourth-order valence-electron chi connectivity index (χ4n) is 2.68. The summed E-state index contributed by atoms with van der Waals surface area (Å²) in [7, 11) is 1.85. The van der Waals surface area contributed by atoms with Gasteiger partial charge in [0, 0.05) is 5.56 Å². The van der Waals surface area contributed by atoms with Gasteiger partial charge in [-0.25, -0.2) is 4.57 Å². The van der Waals surface area contributed by atoms with Gasteiger partial charge >= 0.3 is 6.61 Å². The highest BCUT2D eigenvalue weighted by Gasteiger charge is 2.23. The molecule has 0 bridgehead atoms. The lowest BCUT2D eigenvalue weighted by Gasteiger charge is -2.14. The topological polar surface area (TPSA) is 22.3 Å².